The predicted molar refractivity (Wildman–Crippen MR) is 91.0 cm³/mol. The largest absolute Gasteiger partial charge is 0.496 e. The van der Waals surface area contributed by atoms with Gasteiger partial charge in [-0.25, -0.2) is 4.39 Å². The quantitative estimate of drug-likeness (QED) is 0.809. The number of benzene rings is 2. The van der Waals surface area contributed by atoms with Crippen molar-refractivity contribution in [2.45, 2.75) is 25.8 Å². The van der Waals surface area contributed by atoms with Crippen molar-refractivity contribution in [1.82, 2.24) is 5.32 Å². The Morgan fingerprint density at radius 3 is 2.48 bits per heavy atom. The third-order valence-electron chi connectivity index (χ3n) is 3.82. The molecule has 5 nitrogen and oxygen atoms in total. The molecule has 0 aliphatic heterocycles. The average Bonchev–Trinajstić information content (AvgIpc) is 2.56. The summed E-state index contributed by atoms with van der Waals surface area (Å²) >= 11 is 0. The first-order chi connectivity index (χ1) is 11.9. The van der Waals surface area contributed by atoms with Gasteiger partial charge in [-0.05, 0) is 41.8 Å². The number of amides is 1. The number of carboxylic acid groups (broad SMARTS) is 1. The Morgan fingerprint density at radius 2 is 1.88 bits per heavy atom. The number of hydrogen-bond acceptors (Lipinski definition) is 3. The first-order valence-electron chi connectivity index (χ1n) is 7.79. The lowest BCUT2D eigenvalue weighted by Gasteiger charge is -2.18. The van der Waals surface area contributed by atoms with Crippen molar-refractivity contribution < 1.29 is 23.8 Å². The summed E-state index contributed by atoms with van der Waals surface area (Å²) in [6.45, 7) is 1.90. The van der Waals surface area contributed by atoms with E-state index in [0.717, 1.165) is 11.1 Å². The summed E-state index contributed by atoms with van der Waals surface area (Å²) in [5, 5.41) is 11.8. The Kier molecular flexibility index (Phi) is 6.11. The molecule has 1 amide bonds. The smallest absolute Gasteiger partial charge is 0.305 e. The van der Waals surface area contributed by atoms with Crippen molar-refractivity contribution in [2.24, 2.45) is 0 Å². The number of rotatable bonds is 7. The number of ether oxygens (including phenoxy) is 1. The normalized spacial score (nSPS) is 11.6. The molecule has 1 atom stereocenters. The number of hydrogen-bond donors (Lipinski definition) is 2. The number of nitrogens with one attached hydrogen (secondary N) is 1. The molecule has 2 N–H and O–H groups in total. The van der Waals surface area contributed by atoms with E-state index in [1.54, 1.807) is 13.2 Å². The Balaban J connectivity index is 2.11. The van der Waals surface area contributed by atoms with Gasteiger partial charge in [-0.2, -0.15) is 0 Å². The number of aliphatic carboxylic acids is 1. The van der Waals surface area contributed by atoms with Crippen LogP contribution in [0.25, 0.3) is 0 Å². The van der Waals surface area contributed by atoms with Gasteiger partial charge >= 0.3 is 5.97 Å². The van der Waals surface area contributed by atoms with Gasteiger partial charge in [0.2, 0.25) is 5.91 Å². The van der Waals surface area contributed by atoms with Crippen LogP contribution in [0.15, 0.2) is 42.5 Å². The Morgan fingerprint density at radius 1 is 1.20 bits per heavy atom. The molecule has 6 heteroatoms. The zero-order valence-corrected chi connectivity index (χ0v) is 14.1. The first kappa shape index (κ1) is 18.4. The SMILES string of the molecule is COc1cc(CC(=O)NC(CC(=O)O)c2ccc(F)cc2)ccc1C. The van der Waals surface area contributed by atoms with Gasteiger partial charge in [0, 0.05) is 0 Å². The summed E-state index contributed by atoms with van der Waals surface area (Å²) in [6, 6.07) is 10.1. The maximum atomic E-state index is 13.1. The van der Waals surface area contributed by atoms with E-state index in [4.69, 9.17) is 9.84 Å². The summed E-state index contributed by atoms with van der Waals surface area (Å²) in [6.07, 6.45) is -0.192. The Hall–Kier alpha value is -2.89. The standard InChI is InChI=1S/C19H20FNO4/c1-12-3-4-13(9-17(12)25-2)10-18(22)21-16(11-19(23)24)14-5-7-15(20)8-6-14/h3-9,16H,10-11H2,1-2H3,(H,21,22)(H,23,24). The highest BCUT2D eigenvalue weighted by Gasteiger charge is 2.18. The number of carbonyl (C=O) groups is 2. The van der Waals surface area contributed by atoms with Crippen LogP contribution < -0.4 is 10.1 Å². The van der Waals surface area contributed by atoms with Crippen LogP contribution in [0.4, 0.5) is 4.39 Å². The third-order valence-corrected chi connectivity index (χ3v) is 3.82. The molecule has 0 bridgehead atoms. The summed E-state index contributed by atoms with van der Waals surface area (Å²) in [4.78, 5) is 23.4. The monoisotopic (exact) mass is 345 g/mol. The number of halogens is 1. The fraction of sp³-hybridized carbons (Fsp3) is 0.263. The zero-order valence-electron chi connectivity index (χ0n) is 14.1. The number of methoxy groups -OCH3 is 1. The van der Waals surface area contributed by atoms with E-state index >= 15 is 0 Å². The lowest BCUT2D eigenvalue weighted by atomic mass is 10.0. The van der Waals surface area contributed by atoms with Crippen molar-refractivity contribution in [1.29, 1.82) is 0 Å². The van der Waals surface area contributed by atoms with Crippen LogP contribution in [-0.2, 0) is 16.0 Å². The molecule has 0 saturated heterocycles. The van der Waals surface area contributed by atoms with E-state index in [9.17, 15) is 14.0 Å². The van der Waals surface area contributed by atoms with Crippen molar-refractivity contribution in [3.8, 4) is 5.75 Å². The van der Waals surface area contributed by atoms with Gasteiger partial charge in [0.05, 0.1) is 26.0 Å². The molecule has 0 fully saturated rings. The maximum absolute atomic E-state index is 13.1. The minimum absolute atomic E-state index is 0.0912. The maximum Gasteiger partial charge on any atom is 0.305 e. The topological polar surface area (TPSA) is 75.6 Å². The predicted octanol–water partition coefficient (Wildman–Crippen LogP) is 3.02. The van der Waals surface area contributed by atoms with E-state index < -0.39 is 17.8 Å². The first-order valence-corrected chi connectivity index (χ1v) is 7.79. The lowest BCUT2D eigenvalue weighted by Crippen LogP contribution is -2.31. The van der Waals surface area contributed by atoms with Crippen LogP contribution in [0, 0.1) is 12.7 Å². The van der Waals surface area contributed by atoms with Crippen LogP contribution >= 0.6 is 0 Å². The second-order valence-corrected chi connectivity index (χ2v) is 5.75. The molecule has 0 spiro atoms. The van der Waals surface area contributed by atoms with E-state index in [0.29, 0.717) is 11.3 Å². The van der Waals surface area contributed by atoms with Gasteiger partial charge in [0.25, 0.3) is 0 Å². The number of carboxylic acids is 1. The minimum atomic E-state index is -1.05. The fourth-order valence-corrected chi connectivity index (χ4v) is 2.53. The van der Waals surface area contributed by atoms with Crippen LogP contribution in [-0.4, -0.2) is 24.1 Å². The second kappa shape index (κ2) is 8.28. The average molecular weight is 345 g/mol. The molecule has 25 heavy (non-hydrogen) atoms. The highest BCUT2D eigenvalue weighted by atomic mass is 19.1. The van der Waals surface area contributed by atoms with Gasteiger partial charge in [0.1, 0.15) is 11.6 Å². The highest BCUT2D eigenvalue weighted by Crippen LogP contribution is 2.21. The molecule has 0 aliphatic rings. The third kappa shape index (κ3) is 5.31. The molecule has 0 aromatic heterocycles. The molecule has 0 saturated carbocycles. The van der Waals surface area contributed by atoms with Gasteiger partial charge in [-0.1, -0.05) is 24.3 Å². The van der Waals surface area contributed by atoms with E-state index in [1.165, 1.54) is 24.3 Å². The molecule has 2 aromatic rings. The van der Waals surface area contributed by atoms with Gasteiger partial charge in [0.15, 0.2) is 0 Å². The molecule has 0 aliphatic carbocycles. The molecule has 132 valence electrons. The summed E-state index contributed by atoms with van der Waals surface area (Å²) in [5.74, 6) is -1.10. The highest BCUT2D eigenvalue weighted by molar-refractivity contribution is 5.80. The number of aryl methyl sites for hydroxylation is 1. The molecule has 1 unspecified atom stereocenters. The van der Waals surface area contributed by atoms with Crippen LogP contribution in [0.1, 0.15) is 29.2 Å². The summed E-state index contributed by atoms with van der Waals surface area (Å²) < 4.78 is 18.3. The molecular formula is C19H20FNO4. The van der Waals surface area contributed by atoms with E-state index in [-0.39, 0.29) is 18.7 Å². The molecule has 0 heterocycles. The Labute approximate surface area is 145 Å². The van der Waals surface area contributed by atoms with Gasteiger partial charge < -0.3 is 15.2 Å². The molecular weight excluding hydrogens is 325 g/mol. The molecule has 2 aromatic carbocycles. The van der Waals surface area contributed by atoms with Crippen molar-refractivity contribution in [2.75, 3.05) is 7.11 Å². The summed E-state index contributed by atoms with van der Waals surface area (Å²) in [5.41, 5.74) is 2.26. The summed E-state index contributed by atoms with van der Waals surface area (Å²) in [7, 11) is 1.56. The van der Waals surface area contributed by atoms with Gasteiger partial charge in [-0.15, -0.1) is 0 Å². The zero-order chi connectivity index (χ0) is 18.4. The number of carbonyl (C=O) groups excluding carboxylic acids is 1. The second-order valence-electron chi connectivity index (χ2n) is 5.75. The van der Waals surface area contributed by atoms with Crippen molar-refractivity contribution in [3.63, 3.8) is 0 Å². The minimum Gasteiger partial charge on any atom is -0.496 e. The molecule has 2 rings (SSSR count). The van der Waals surface area contributed by atoms with Crippen molar-refractivity contribution >= 4 is 11.9 Å². The fourth-order valence-electron chi connectivity index (χ4n) is 2.53. The van der Waals surface area contributed by atoms with E-state index in [2.05, 4.69) is 5.32 Å². The lowest BCUT2D eigenvalue weighted by molar-refractivity contribution is -0.137. The van der Waals surface area contributed by atoms with Gasteiger partial charge in [-0.3, -0.25) is 9.59 Å². The van der Waals surface area contributed by atoms with Crippen LogP contribution in [0.2, 0.25) is 0 Å². The Bertz CT molecular complexity index is 759. The molecule has 0 radical (unpaired) electrons. The van der Waals surface area contributed by atoms with Crippen LogP contribution in [0.5, 0.6) is 5.75 Å². The van der Waals surface area contributed by atoms with Crippen LogP contribution in [0.3, 0.4) is 0 Å². The van der Waals surface area contributed by atoms with Crippen molar-refractivity contribution in [3.05, 3.63) is 65.0 Å². The van der Waals surface area contributed by atoms with E-state index in [1.807, 2.05) is 19.1 Å².